The molecule has 0 saturated carbocycles. The van der Waals surface area contributed by atoms with Crippen LogP contribution < -0.4 is 5.32 Å². The van der Waals surface area contributed by atoms with Crippen LogP contribution >= 0.6 is 0 Å². The predicted octanol–water partition coefficient (Wildman–Crippen LogP) is 5.63. The zero-order valence-corrected chi connectivity index (χ0v) is 17.6. The lowest BCUT2D eigenvalue weighted by Gasteiger charge is -2.37. The van der Waals surface area contributed by atoms with E-state index in [0.29, 0.717) is 5.92 Å². The van der Waals surface area contributed by atoms with Crippen molar-refractivity contribution in [2.45, 2.75) is 32.2 Å². The van der Waals surface area contributed by atoms with Crippen molar-refractivity contribution >= 4 is 11.6 Å². The molecular weight excluding hydrogens is 368 g/mol. The summed E-state index contributed by atoms with van der Waals surface area (Å²) in [7, 11) is 0. The van der Waals surface area contributed by atoms with Crippen LogP contribution in [0.2, 0.25) is 0 Å². The largest absolute Gasteiger partial charge is 0.324 e. The van der Waals surface area contributed by atoms with Gasteiger partial charge in [-0.3, -0.25) is 9.69 Å². The number of carbonyl (C=O) groups excluding carboxylic acids is 1. The molecule has 0 aromatic heterocycles. The van der Waals surface area contributed by atoms with Gasteiger partial charge in [0.2, 0.25) is 5.91 Å². The van der Waals surface area contributed by atoms with Crippen LogP contribution in [-0.2, 0) is 11.2 Å². The molecule has 0 bridgehead atoms. The number of aryl methyl sites for hydroxylation is 1. The van der Waals surface area contributed by atoms with E-state index >= 15 is 0 Å². The first-order valence-corrected chi connectivity index (χ1v) is 10.9. The van der Waals surface area contributed by atoms with Gasteiger partial charge in [-0.1, -0.05) is 78.4 Å². The molecule has 0 spiro atoms. The Kier molecular flexibility index (Phi) is 6.60. The Morgan fingerprint density at radius 3 is 2.13 bits per heavy atom. The lowest BCUT2D eigenvalue weighted by atomic mass is 9.89. The summed E-state index contributed by atoms with van der Waals surface area (Å²) in [5, 5.41) is 3.14. The number of carbonyl (C=O) groups is 1. The van der Waals surface area contributed by atoms with Crippen molar-refractivity contribution in [1.29, 1.82) is 0 Å². The van der Waals surface area contributed by atoms with E-state index in [1.54, 1.807) is 0 Å². The van der Waals surface area contributed by atoms with Gasteiger partial charge in [0.15, 0.2) is 0 Å². The summed E-state index contributed by atoms with van der Waals surface area (Å²) >= 11 is 0. The molecule has 3 nitrogen and oxygen atoms in total. The molecule has 1 saturated heterocycles. The normalized spacial score (nSPS) is 16.2. The van der Waals surface area contributed by atoms with Gasteiger partial charge < -0.3 is 5.32 Å². The Morgan fingerprint density at radius 2 is 1.50 bits per heavy atom. The predicted molar refractivity (Wildman–Crippen MR) is 123 cm³/mol. The van der Waals surface area contributed by atoms with Crippen LogP contribution in [0.3, 0.4) is 0 Å². The fraction of sp³-hybridized carbons (Fsp3) is 0.296. The van der Waals surface area contributed by atoms with E-state index in [2.05, 4.69) is 59.6 Å². The van der Waals surface area contributed by atoms with E-state index in [-0.39, 0.29) is 11.9 Å². The average Bonchev–Trinajstić information content (AvgIpc) is 2.78. The first-order valence-electron chi connectivity index (χ1n) is 10.9. The van der Waals surface area contributed by atoms with Crippen LogP contribution in [0.1, 0.15) is 35.6 Å². The highest BCUT2D eigenvalue weighted by Gasteiger charge is 2.31. The third-order valence-electron chi connectivity index (χ3n) is 6.06. The van der Waals surface area contributed by atoms with Gasteiger partial charge in [0, 0.05) is 5.69 Å². The Bertz CT molecular complexity index is 930. The van der Waals surface area contributed by atoms with E-state index in [0.717, 1.165) is 43.6 Å². The zero-order valence-electron chi connectivity index (χ0n) is 17.6. The maximum atomic E-state index is 13.3. The molecule has 1 heterocycles. The lowest BCUT2D eigenvalue weighted by molar-refractivity contribution is -0.122. The third kappa shape index (κ3) is 5.17. The monoisotopic (exact) mass is 398 g/mol. The van der Waals surface area contributed by atoms with Gasteiger partial charge in [-0.2, -0.15) is 0 Å². The average molecular weight is 399 g/mol. The summed E-state index contributed by atoms with van der Waals surface area (Å²) < 4.78 is 0. The SMILES string of the molecule is Cc1ccc(NC(=O)[C@H](c2ccccc2)N2CCC(Cc3ccccc3)CC2)cc1. The molecule has 30 heavy (non-hydrogen) atoms. The van der Waals surface area contributed by atoms with Crippen molar-refractivity contribution < 1.29 is 4.79 Å². The third-order valence-corrected chi connectivity index (χ3v) is 6.06. The molecule has 0 aliphatic carbocycles. The number of anilines is 1. The second-order valence-electron chi connectivity index (χ2n) is 8.34. The van der Waals surface area contributed by atoms with Crippen molar-refractivity contribution in [2.75, 3.05) is 18.4 Å². The van der Waals surface area contributed by atoms with Gasteiger partial charge in [0.25, 0.3) is 0 Å². The van der Waals surface area contributed by atoms with Crippen molar-refractivity contribution in [1.82, 2.24) is 4.90 Å². The number of hydrogen-bond donors (Lipinski definition) is 1. The minimum Gasteiger partial charge on any atom is -0.324 e. The molecule has 1 aliphatic heterocycles. The molecule has 4 rings (SSSR count). The molecule has 1 amide bonds. The van der Waals surface area contributed by atoms with Gasteiger partial charge in [0.1, 0.15) is 6.04 Å². The number of benzene rings is 3. The molecule has 3 aromatic rings. The summed E-state index contributed by atoms with van der Waals surface area (Å²) in [6, 6.07) is 28.7. The number of rotatable bonds is 6. The molecule has 1 fully saturated rings. The Hall–Kier alpha value is -2.91. The number of nitrogens with zero attached hydrogens (tertiary/aromatic N) is 1. The van der Waals surface area contributed by atoms with Crippen molar-refractivity contribution in [3.8, 4) is 0 Å². The smallest absolute Gasteiger partial charge is 0.246 e. The maximum Gasteiger partial charge on any atom is 0.246 e. The summed E-state index contributed by atoms with van der Waals surface area (Å²) in [6.45, 7) is 3.94. The Labute approximate surface area is 179 Å². The minimum atomic E-state index is -0.259. The number of hydrogen-bond acceptors (Lipinski definition) is 2. The molecular formula is C27H30N2O. The molecule has 3 aromatic carbocycles. The van der Waals surface area contributed by atoms with Crippen LogP contribution in [-0.4, -0.2) is 23.9 Å². The van der Waals surface area contributed by atoms with Crippen LogP contribution in [0, 0.1) is 12.8 Å². The van der Waals surface area contributed by atoms with E-state index in [1.807, 2.05) is 42.5 Å². The van der Waals surface area contributed by atoms with Crippen molar-refractivity contribution in [3.63, 3.8) is 0 Å². The molecule has 154 valence electrons. The van der Waals surface area contributed by atoms with Crippen LogP contribution in [0.15, 0.2) is 84.9 Å². The fourth-order valence-corrected chi connectivity index (χ4v) is 4.37. The molecule has 1 N–H and O–H groups in total. The van der Waals surface area contributed by atoms with Crippen LogP contribution in [0.25, 0.3) is 0 Å². The van der Waals surface area contributed by atoms with E-state index in [4.69, 9.17) is 0 Å². The van der Waals surface area contributed by atoms with E-state index in [9.17, 15) is 4.79 Å². The van der Waals surface area contributed by atoms with Gasteiger partial charge in [-0.15, -0.1) is 0 Å². The highest BCUT2D eigenvalue weighted by atomic mass is 16.2. The second-order valence-corrected chi connectivity index (χ2v) is 8.34. The minimum absolute atomic E-state index is 0.0477. The first-order chi connectivity index (χ1) is 14.7. The number of nitrogens with one attached hydrogen (secondary N) is 1. The Balaban J connectivity index is 1.45. The van der Waals surface area contributed by atoms with Crippen LogP contribution in [0.4, 0.5) is 5.69 Å². The van der Waals surface area contributed by atoms with Gasteiger partial charge in [0.05, 0.1) is 0 Å². The number of piperidine rings is 1. The highest BCUT2D eigenvalue weighted by Crippen LogP contribution is 2.29. The summed E-state index contributed by atoms with van der Waals surface area (Å²) in [6.07, 6.45) is 3.37. The lowest BCUT2D eigenvalue weighted by Crippen LogP contribution is -2.42. The molecule has 1 aliphatic rings. The van der Waals surface area contributed by atoms with Gasteiger partial charge >= 0.3 is 0 Å². The second kappa shape index (κ2) is 9.73. The van der Waals surface area contributed by atoms with E-state index in [1.165, 1.54) is 11.1 Å². The van der Waals surface area contributed by atoms with Crippen molar-refractivity contribution in [3.05, 3.63) is 102 Å². The number of likely N-dealkylation sites (tertiary alicyclic amines) is 1. The van der Waals surface area contributed by atoms with Crippen molar-refractivity contribution in [2.24, 2.45) is 5.92 Å². The first kappa shape index (κ1) is 20.4. The summed E-state index contributed by atoms with van der Waals surface area (Å²) in [5.41, 5.74) is 4.51. The molecule has 0 unspecified atom stereocenters. The summed E-state index contributed by atoms with van der Waals surface area (Å²) in [5.74, 6) is 0.729. The Morgan fingerprint density at radius 1 is 0.900 bits per heavy atom. The maximum absolute atomic E-state index is 13.3. The van der Waals surface area contributed by atoms with E-state index < -0.39 is 0 Å². The summed E-state index contributed by atoms with van der Waals surface area (Å²) in [4.78, 5) is 15.7. The molecule has 0 radical (unpaired) electrons. The highest BCUT2D eigenvalue weighted by molar-refractivity contribution is 5.95. The molecule has 3 heteroatoms. The zero-order chi connectivity index (χ0) is 20.8. The van der Waals surface area contributed by atoms with Crippen LogP contribution in [0.5, 0.6) is 0 Å². The van der Waals surface area contributed by atoms with Gasteiger partial charge in [-0.05, 0) is 68.5 Å². The van der Waals surface area contributed by atoms with Gasteiger partial charge in [-0.25, -0.2) is 0 Å². The fourth-order valence-electron chi connectivity index (χ4n) is 4.37. The molecule has 1 atom stereocenters. The standard InChI is InChI=1S/C27H30N2O/c1-21-12-14-25(15-13-21)28-27(30)26(24-10-6-3-7-11-24)29-18-16-23(17-19-29)20-22-8-4-2-5-9-22/h2-15,23,26H,16-20H2,1H3,(H,28,30)/t26-/m0/s1. The number of amides is 1. The topological polar surface area (TPSA) is 32.3 Å². The quantitative estimate of drug-likeness (QED) is 0.584.